The summed E-state index contributed by atoms with van der Waals surface area (Å²) in [5.41, 5.74) is 2.78. The number of carbonyl (C=O) groups is 3. The first kappa shape index (κ1) is 30.7. The van der Waals surface area contributed by atoms with Crippen LogP contribution in [0.4, 0.5) is 15.3 Å². The number of likely N-dealkylation sites (tertiary alicyclic amines) is 3. The SMILES string of the molecule is O=C(O[C@H](Cc1ccc(O)c(Br)c1)C(=O)N1CCC(N2CCCC2)CC1)N1CCC(N2CCc3ccccc3NC2=O)CC1. The van der Waals surface area contributed by atoms with E-state index in [1.165, 1.54) is 12.8 Å². The molecule has 44 heavy (non-hydrogen) atoms. The van der Waals surface area contributed by atoms with Gasteiger partial charge in [-0.15, -0.1) is 0 Å². The molecule has 4 aliphatic heterocycles. The Morgan fingerprint density at radius 1 is 0.909 bits per heavy atom. The minimum atomic E-state index is -0.963. The van der Waals surface area contributed by atoms with E-state index in [0.29, 0.717) is 56.1 Å². The highest BCUT2D eigenvalue weighted by molar-refractivity contribution is 9.10. The van der Waals surface area contributed by atoms with Gasteiger partial charge in [0.15, 0.2) is 6.10 Å². The Morgan fingerprint density at radius 3 is 2.32 bits per heavy atom. The van der Waals surface area contributed by atoms with Crippen molar-refractivity contribution in [3.8, 4) is 5.75 Å². The molecule has 236 valence electrons. The predicted octanol–water partition coefficient (Wildman–Crippen LogP) is 4.84. The number of anilines is 1. The van der Waals surface area contributed by atoms with Crippen molar-refractivity contribution in [1.82, 2.24) is 19.6 Å². The lowest BCUT2D eigenvalue weighted by Crippen LogP contribution is -2.52. The third kappa shape index (κ3) is 6.99. The van der Waals surface area contributed by atoms with Gasteiger partial charge in [0.1, 0.15) is 5.75 Å². The molecule has 0 aliphatic carbocycles. The smallest absolute Gasteiger partial charge is 0.410 e. The van der Waals surface area contributed by atoms with Gasteiger partial charge in [0.25, 0.3) is 5.91 Å². The number of carbonyl (C=O) groups excluding carboxylic acids is 3. The molecule has 10 nitrogen and oxygen atoms in total. The Kier molecular flexibility index (Phi) is 9.61. The molecule has 3 saturated heterocycles. The number of fused-ring (bicyclic) bond motifs is 1. The van der Waals surface area contributed by atoms with Crippen LogP contribution in [0.15, 0.2) is 46.9 Å². The molecular weight excluding hydrogens is 626 g/mol. The van der Waals surface area contributed by atoms with Crippen molar-refractivity contribution in [3.63, 3.8) is 0 Å². The zero-order valence-corrected chi connectivity index (χ0v) is 26.7. The van der Waals surface area contributed by atoms with Crippen LogP contribution < -0.4 is 5.32 Å². The third-order valence-corrected chi connectivity index (χ3v) is 10.3. The van der Waals surface area contributed by atoms with Crippen molar-refractivity contribution in [2.75, 3.05) is 51.1 Å². The fourth-order valence-corrected chi connectivity index (χ4v) is 7.55. The van der Waals surface area contributed by atoms with Crippen LogP contribution >= 0.6 is 15.9 Å². The molecular formula is C33H42BrN5O5. The van der Waals surface area contributed by atoms with Gasteiger partial charge in [-0.25, -0.2) is 9.59 Å². The number of para-hydroxylation sites is 1. The van der Waals surface area contributed by atoms with Crippen LogP contribution in [-0.2, 0) is 22.4 Å². The van der Waals surface area contributed by atoms with E-state index in [1.54, 1.807) is 23.1 Å². The van der Waals surface area contributed by atoms with Gasteiger partial charge in [0.05, 0.1) is 4.47 Å². The quantitative estimate of drug-likeness (QED) is 0.457. The fraction of sp³-hybridized carbons (Fsp3) is 0.545. The van der Waals surface area contributed by atoms with Crippen molar-refractivity contribution in [3.05, 3.63) is 58.1 Å². The van der Waals surface area contributed by atoms with Crippen molar-refractivity contribution in [2.45, 2.75) is 69.6 Å². The van der Waals surface area contributed by atoms with Crippen molar-refractivity contribution < 1.29 is 24.2 Å². The molecule has 0 aromatic heterocycles. The number of nitrogens with one attached hydrogen (secondary N) is 1. The second-order valence-corrected chi connectivity index (χ2v) is 13.3. The Morgan fingerprint density at radius 2 is 1.59 bits per heavy atom. The summed E-state index contributed by atoms with van der Waals surface area (Å²) in [5.74, 6) is -0.0550. The predicted molar refractivity (Wildman–Crippen MR) is 171 cm³/mol. The van der Waals surface area contributed by atoms with E-state index in [2.05, 4.69) is 26.1 Å². The van der Waals surface area contributed by atoms with Gasteiger partial charge in [-0.1, -0.05) is 24.3 Å². The number of benzene rings is 2. The highest BCUT2D eigenvalue weighted by Crippen LogP contribution is 2.28. The summed E-state index contributed by atoms with van der Waals surface area (Å²) in [4.78, 5) is 48.3. The van der Waals surface area contributed by atoms with Gasteiger partial charge in [0.2, 0.25) is 0 Å². The zero-order valence-electron chi connectivity index (χ0n) is 25.1. The molecule has 0 unspecified atom stereocenters. The average molecular weight is 669 g/mol. The van der Waals surface area contributed by atoms with Crippen LogP contribution in [0.2, 0.25) is 0 Å². The monoisotopic (exact) mass is 667 g/mol. The molecule has 0 radical (unpaired) electrons. The molecule has 0 bridgehead atoms. The molecule has 2 N–H and O–H groups in total. The first-order valence-corrected chi connectivity index (χ1v) is 16.8. The molecule has 3 fully saturated rings. The number of halogens is 1. The number of urea groups is 1. The fourth-order valence-electron chi connectivity index (χ4n) is 7.13. The topological polar surface area (TPSA) is 106 Å². The standard InChI is InChI=1S/C33H42BrN5O5/c34-27-21-23(7-8-29(27)40)22-30(31(41)37-16-10-25(11-17-37)36-14-3-4-15-36)44-33(43)38-18-12-26(13-19-38)39-20-9-24-5-1-2-6-28(24)35-32(39)42/h1-2,5-8,21,25-26,30,40H,3-4,9-20,22H2,(H,35,42)/t30-/m1/s1. The highest BCUT2D eigenvalue weighted by Gasteiger charge is 2.36. The Bertz CT molecular complexity index is 1350. The largest absolute Gasteiger partial charge is 0.507 e. The molecule has 6 rings (SSSR count). The minimum absolute atomic E-state index is 0.0250. The molecule has 2 aromatic rings. The van der Waals surface area contributed by atoms with Crippen LogP contribution in [0.25, 0.3) is 0 Å². The maximum absolute atomic E-state index is 13.8. The minimum Gasteiger partial charge on any atom is -0.507 e. The summed E-state index contributed by atoms with van der Waals surface area (Å²) in [7, 11) is 0. The van der Waals surface area contributed by atoms with Gasteiger partial charge in [-0.3, -0.25) is 4.79 Å². The number of phenols is 1. The normalized spacial score (nSPS) is 21.0. The lowest BCUT2D eigenvalue weighted by Gasteiger charge is -2.39. The number of aromatic hydroxyl groups is 1. The molecule has 4 aliphatic rings. The maximum Gasteiger partial charge on any atom is 0.410 e. The number of rotatable bonds is 6. The lowest BCUT2D eigenvalue weighted by atomic mass is 10.0. The summed E-state index contributed by atoms with van der Waals surface area (Å²) < 4.78 is 6.51. The van der Waals surface area contributed by atoms with Gasteiger partial charge in [-0.05, 0) is 103 Å². The van der Waals surface area contributed by atoms with Crippen LogP contribution in [0.1, 0.15) is 49.7 Å². The molecule has 4 heterocycles. The first-order valence-electron chi connectivity index (χ1n) is 16.0. The van der Waals surface area contributed by atoms with E-state index in [9.17, 15) is 19.5 Å². The van der Waals surface area contributed by atoms with E-state index < -0.39 is 12.2 Å². The van der Waals surface area contributed by atoms with Crippen LogP contribution in [0, 0.1) is 0 Å². The second kappa shape index (κ2) is 13.8. The van der Waals surface area contributed by atoms with Crippen LogP contribution in [0.5, 0.6) is 5.75 Å². The van der Waals surface area contributed by atoms with Gasteiger partial charge >= 0.3 is 12.1 Å². The number of amides is 4. The summed E-state index contributed by atoms with van der Waals surface area (Å²) >= 11 is 3.36. The molecule has 0 spiro atoms. The summed E-state index contributed by atoms with van der Waals surface area (Å²) in [6.45, 7) is 5.12. The highest BCUT2D eigenvalue weighted by atomic mass is 79.9. The van der Waals surface area contributed by atoms with E-state index in [0.717, 1.165) is 49.2 Å². The number of phenolic OH excluding ortho intramolecular Hbond substituents is 1. The Balaban J connectivity index is 1.07. The summed E-state index contributed by atoms with van der Waals surface area (Å²) in [6, 6.07) is 13.4. The Labute approximate surface area is 267 Å². The molecule has 2 aromatic carbocycles. The van der Waals surface area contributed by atoms with Crippen molar-refractivity contribution >= 4 is 39.6 Å². The van der Waals surface area contributed by atoms with Crippen LogP contribution in [0.3, 0.4) is 0 Å². The first-order chi connectivity index (χ1) is 21.4. The van der Waals surface area contributed by atoms with Crippen LogP contribution in [-0.4, -0.2) is 107 Å². The number of hydrogen-bond acceptors (Lipinski definition) is 6. The van der Waals surface area contributed by atoms with E-state index in [-0.39, 0.29) is 30.2 Å². The summed E-state index contributed by atoms with van der Waals surface area (Å²) in [5, 5.41) is 13.0. The number of hydrogen-bond donors (Lipinski definition) is 2. The maximum atomic E-state index is 13.8. The van der Waals surface area contributed by atoms with Gasteiger partial charge in [-0.2, -0.15) is 0 Å². The molecule has 4 amide bonds. The summed E-state index contributed by atoms with van der Waals surface area (Å²) in [6.07, 6.45) is 5.18. The van der Waals surface area contributed by atoms with E-state index >= 15 is 0 Å². The van der Waals surface area contributed by atoms with Crippen molar-refractivity contribution in [1.29, 1.82) is 0 Å². The van der Waals surface area contributed by atoms with E-state index in [1.807, 2.05) is 34.1 Å². The zero-order chi connectivity index (χ0) is 30.6. The molecule has 0 saturated carbocycles. The second-order valence-electron chi connectivity index (χ2n) is 12.4. The number of nitrogens with zero attached hydrogens (tertiary/aromatic N) is 4. The van der Waals surface area contributed by atoms with Gasteiger partial charge < -0.3 is 34.8 Å². The van der Waals surface area contributed by atoms with E-state index in [4.69, 9.17) is 4.74 Å². The van der Waals surface area contributed by atoms with Gasteiger partial charge in [0, 0.05) is 56.9 Å². The average Bonchev–Trinajstić information content (AvgIpc) is 3.53. The van der Waals surface area contributed by atoms with Crippen molar-refractivity contribution in [2.24, 2.45) is 0 Å². The molecule has 1 atom stereocenters. The number of piperidine rings is 2. The lowest BCUT2D eigenvalue weighted by molar-refractivity contribution is -0.142. The number of ether oxygens (including phenoxy) is 1. The third-order valence-electron chi connectivity index (χ3n) is 9.69. The molecule has 11 heteroatoms. The Hall–Kier alpha value is -3.31.